The van der Waals surface area contributed by atoms with Crippen molar-refractivity contribution in [3.05, 3.63) is 21.9 Å². The summed E-state index contributed by atoms with van der Waals surface area (Å²) in [5, 5.41) is 3.15. The van der Waals surface area contributed by atoms with Gasteiger partial charge in [0, 0.05) is 18.0 Å². The van der Waals surface area contributed by atoms with Gasteiger partial charge in [0.25, 0.3) is 0 Å². The number of thiophene rings is 1. The molecule has 0 spiro atoms. The average molecular weight is 278 g/mol. The Morgan fingerprint density at radius 1 is 1.44 bits per heavy atom. The van der Waals surface area contributed by atoms with Gasteiger partial charge in [-0.1, -0.05) is 0 Å². The van der Waals surface area contributed by atoms with Crippen LogP contribution in [0.4, 0.5) is 13.2 Å². The highest BCUT2D eigenvalue weighted by Gasteiger charge is 2.32. The van der Waals surface area contributed by atoms with Crippen molar-refractivity contribution in [1.82, 2.24) is 10.2 Å². The Kier molecular flexibility index (Phi) is 4.29. The van der Waals surface area contributed by atoms with Crippen molar-refractivity contribution in [2.24, 2.45) is 5.92 Å². The maximum Gasteiger partial charge on any atom is 0.425 e. The van der Waals surface area contributed by atoms with Crippen LogP contribution in [-0.2, 0) is 12.7 Å². The third-order valence-corrected chi connectivity index (χ3v) is 4.30. The molecule has 1 aromatic heterocycles. The van der Waals surface area contributed by atoms with Crippen molar-refractivity contribution in [2.75, 3.05) is 26.7 Å². The first-order valence-corrected chi connectivity index (χ1v) is 6.83. The van der Waals surface area contributed by atoms with E-state index < -0.39 is 11.1 Å². The van der Waals surface area contributed by atoms with Crippen LogP contribution in [0.25, 0.3) is 0 Å². The molecule has 2 rings (SSSR count). The fourth-order valence-corrected chi connectivity index (χ4v) is 3.26. The lowest BCUT2D eigenvalue weighted by atomic mass is 10.1. The molecule has 1 unspecified atom stereocenters. The maximum absolute atomic E-state index is 12.5. The fourth-order valence-electron chi connectivity index (χ4n) is 2.35. The zero-order valence-corrected chi connectivity index (χ0v) is 11.1. The Balaban J connectivity index is 1.89. The third kappa shape index (κ3) is 3.46. The number of hydrogen-bond acceptors (Lipinski definition) is 3. The summed E-state index contributed by atoms with van der Waals surface area (Å²) in [6.45, 7) is 3.57. The predicted molar refractivity (Wildman–Crippen MR) is 66.6 cm³/mol. The van der Waals surface area contributed by atoms with E-state index in [0.717, 1.165) is 42.3 Å². The summed E-state index contributed by atoms with van der Waals surface area (Å²) in [5.41, 5.74) is 0. The smallest absolute Gasteiger partial charge is 0.319 e. The number of nitrogens with zero attached hydrogens (tertiary/aromatic N) is 1. The number of nitrogens with one attached hydrogen (secondary N) is 1. The van der Waals surface area contributed by atoms with Crippen molar-refractivity contribution in [3.8, 4) is 0 Å². The van der Waals surface area contributed by atoms with Crippen LogP contribution in [0, 0.1) is 5.92 Å². The van der Waals surface area contributed by atoms with Gasteiger partial charge in [0.15, 0.2) is 0 Å². The number of rotatable bonds is 4. The Bertz CT molecular complexity index is 389. The molecular formula is C12H17F3N2S. The van der Waals surface area contributed by atoms with Crippen LogP contribution >= 0.6 is 11.3 Å². The van der Waals surface area contributed by atoms with Gasteiger partial charge in [-0.15, -0.1) is 11.3 Å². The molecule has 0 saturated carbocycles. The fraction of sp³-hybridized carbons (Fsp3) is 0.667. The van der Waals surface area contributed by atoms with Gasteiger partial charge in [0.1, 0.15) is 4.88 Å². The van der Waals surface area contributed by atoms with Gasteiger partial charge in [-0.25, -0.2) is 0 Å². The SMILES string of the molecule is CNCC1CCN(Cc2ccc(C(F)(F)F)s2)C1. The summed E-state index contributed by atoms with van der Waals surface area (Å²) in [7, 11) is 1.93. The van der Waals surface area contributed by atoms with E-state index in [0.29, 0.717) is 12.5 Å². The van der Waals surface area contributed by atoms with Crippen LogP contribution in [0.2, 0.25) is 0 Å². The first-order chi connectivity index (χ1) is 8.49. The average Bonchev–Trinajstić information content (AvgIpc) is 2.88. The van der Waals surface area contributed by atoms with Gasteiger partial charge < -0.3 is 5.32 Å². The van der Waals surface area contributed by atoms with E-state index in [-0.39, 0.29) is 0 Å². The molecule has 0 aromatic carbocycles. The van der Waals surface area contributed by atoms with E-state index in [1.807, 2.05) is 7.05 Å². The minimum atomic E-state index is -4.21. The summed E-state index contributed by atoms with van der Waals surface area (Å²) in [6.07, 6.45) is -3.08. The van der Waals surface area contributed by atoms with E-state index >= 15 is 0 Å². The van der Waals surface area contributed by atoms with Gasteiger partial charge in [-0.3, -0.25) is 4.90 Å². The van der Waals surface area contributed by atoms with Crippen LogP contribution in [-0.4, -0.2) is 31.6 Å². The molecule has 0 aliphatic carbocycles. The van der Waals surface area contributed by atoms with Crippen molar-refractivity contribution < 1.29 is 13.2 Å². The second kappa shape index (κ2) is 5.59. The molecule has 1 aliphatic rings. The molecule has 0 bridgehead atoms. The number of likely N-dealkylation sites (tertiary alicyclic amines) is 1. The van der Waals surface area contributed by atoms with Crippen LogP contribution in [0.15, 0.2) is 12.1 Å². The quantitative estimate of drug-likeness (QED) is 0.911. The van der Waals surface area contributed by atoms with Crippen molar-refractivity contribution in [1.29, 1.82) is 0 Å². The highest BCUT2D eigenvalue weighted by Crippen LogP contribution is 2.35. The Labute approximate surface area is 109 Å². The highest BCUT2D eigenvalue weighted by atomic mass is 32.1. The van der Waals surface area contributed by atoms with E-state index in [2.05, 4.69) is 10.2 Å². The molecule has 2 nitrogen and oxygen atoms in total. The lowest BCUT2D eigenvalue weighted by molar-refractivity contribution is -0.134. The maximum atomic E-state index is 12.5. The van der Waals surface area contributed by atoms with Crippen LogP contribution in [0.3, 0.4) is 0 Å². The monoisotopic (exact) mass is 278 g/mol. The van der Waals surface area contributed by atoms with E-state index in [4.69, 9.17) is 0 Å². The molecule has 6 heteroatoms. The molecule has 1 aliphatic heterocycles. The van der Waals surface area contributed by atoms with Gasteiger partial charge >= 0.3 is 6.18 Å². The van der Waals surface area contributed by atoms with Crippen molar-refractivity contribution in [2.45, 2.75) is 19.1 Å². The van der Waals surface area contributed by atoms with Gasteiger partial charge in [0.05, 0.1) is 0 Å². The Morgan fingerprint density at radius 2 is 2.22 bits per heavy atom. The summed E-state index contributed by atoms with van der Waals surface area (Å²) in [4.78, 5) is 2.53. The molecule has 0 amide bonds. The molecule has 1 atom stereocenters. The number of hydrogen-bond donors (Lipinski definition) is 1. The molecular weight excluding hydrogens is 261 g/mol. The third-order valence-electron chi connectivity index (χ3n) is 3.18. The summed E-state index contributed by atoms with van der Waals surface area (Å²) in [5.74, 6) is 0.622. The molecule has 2 heterocycles. The second-order valence-corrected chi connectivity index (χ2v) is 5.88. The van der Waals surface area contributed by atoms with Gasteiger partial charge in [0.2, 0.25) is 0 Å². The Hall–Kier alpha value is -0.590. The molecule has 1 saturated heterocycles. The van der Waals surface area contributed by atoms with Crippen LogP contribution in [0.5, 0.6) is 0 Å². The minimum absolute atomic E-state index is 0.497. The van der Waals surface area contributed by atoms with Gasteiger partial charge in [-0.2, -0.15) is 13.2 Å². The molecule has 102 valence electrons. The standard InChI is InChI=1S/C12H17F3N2S/c1-16-6-9-4-5-17(7-9)8-10-2-3-11(18-10)12(13,14)15/h2-3,9,16H,4-8H2,1H3. The zero-order chi connectivity index (χ0) is 13.2. The van der Waals surface area contributed by atoms with Crippen molar-refractivity contribution in [3.63, 3.8) is 0 Å². The second-order valence-electron chi connectivity index (χ2n) is 4.71. The summed E-state index contributed by atoms with van der Waals surface area (Å²) >= 11 is 0.859. The topological polar surface area (TPSA) is 15.3 Å². The normalized spacial score (nSPS) is 21.7. The van der Waals surface area contributed by atoms with E-state index in [9.17, 15) is 13.2 Å². The highest BCUT2D eigenvalue weighted by molar-refractivity contribution is 7.12. The number of halogens is 3. The van der Waals surface area contributed by atoms with Crippen LogP contribution in [0.1, 0.15) is 16.2 Å². The molecule has 1 N–H and O–H groups in total. The zero-order valence-electron chi connectivity index (χ0n) is 10.3. The molecule has 1 fully saturated rings. The summed E-state index contributed by atoms with van der Waals surface area (Å²) in [6, 6.07) is 2.78. The summed E-state index contributed by atoms with van der Waals surface area (Å²) < 4.78 is 37.4. The van der Waals surface area contributed by atoms with E-state index in [1.54, 1.807) is 6.07 Å². The first kappa shape index (κ1) is 13.8. The molecule has 18 heavy (non-hydrogen) atoms. The van der Waals surface area contributed by atoms with Crippen LogP contribution < -0.4 is 5.32 Å². The minimum Gasteiger partial charge on any atom is -0.319 e. The first-order valence-electron chi connectivity index (χ1n) is 6.02. The number of alkyl halides is 3. The lowest BCUT2D eigenvalue weighted by Crippen LogP contribution is -2.24. The van der Waals surface area contributed by atoms with Gasteiger partial charge in [-0.05, 0) is 44.6 Å². The van der Waals surface area contributed by atoms with Crippen molar-refractivity contribution >= 4 is 11.3 Å². The predicted octanol–water partition coefficient (Wildman–Crippen LogP) is 2.81. The molecule has 1 aromatic rings. The largest absolute Gasteiger partial charge is 0.425 e. The molecule has 0 radical (unpaired) electrons. The lowest BCUT2D eigenvalue weighted by Gasteiger charge is -2.14. The Morgan fingerprint density at radius 3 is 2.83 bits per heavy atom. The van der Waals surface area contributed by atoms with E-state index in [1.165, 1.54) is 6.07 Å².